The molecule has 1 aromatic carbocycles. The van der Waals surface area contributed by atoms with Gasteiger partial charge in [0.25, 0.3) is 0 Å². The number of carboxylic acids is 2. The second-order valence-electron chi connectivity index (χ2n) is 5.15. The fraction of sp³-hybridized carbons (Fsp3) is 0.467. The van der Waals surface area contributed by atoms with Gasteiger partial charge in [0.2, 0.25) is 0 Å². The van der Waals surface area contributed by atoms with Gasteiger partial charge in [-0.05, 0) is 30.9 Å². The van der Waals surface area contributed by atoms with E-state index in [0.717, 1.165) is 12.8 Å². The van der Waals surface area contributed by atoms with Gasteiger partial charge in [0.05, 0.1) is 26.2 Å². The number of carboxylic acid groups (broad SMARTS) is 2. The molecule has 0 saturated heterocycles. The molecule has 0 spiro atoms. The Morgan fingerprint density at radius 1 is 1.24 bits per heavy atom. The first-order chi connectivity index (χ1) is 9.97. The molecule has 6 nitrogen and oxygen atoms in total. The predicted molar refractivity (Wildman–Crippen MR) is 74.2 cm³/mol. The highest BCUT2D eigenvalue weighted by Gasteiger charge is 2.36. The Labute approximate surface area is 122 Å². The Hall–Kier alpha value is -2.24. The largest absolute Gasteiger partial charge is 0.493 e. The summed E-state index contributed by atoms with van der Waals surface area (Å²) in [6, 6.07) is 2.88. The first kappa shape index (κ1) is 15.2. The third-order valence-electron chi connectivity index (χ3n) is 3.74. The molecule has 1 aromatic rings. The molecule has 0 bridgehead atoms. The van der Waals surface area contributed by atoms with Crippen molar-refractivity contribution in [2.45, 2.75) is 25.2 Å². The second kappa shape index (κ2) is 6.03. The average Bonchev–Trinajstić information content (AvgIpc) is 3.27. The van der Waals surface area contributed by atoms with Crippen molar-refractivity contribution in [1.29, 1.82) is 0 Å². The highest BCUT2D eigenvalue weighted by Crippen LogP contribution is 2.49. The van der Waals surface area contributed by atoms with Crippen LogP contribution in [0.15, 0.2) is 12.1 Å². The molecule has 0 radical (unpaired) electrons. The van der Waals surface area contributed by atoms with E-state index in [1.807, 2.05) is 0 Å². The summed E-state index contributed by atoms with van der Waals surface area (Å²) in [4.78, 5) is 22.3. The molecule has 2 rings (SSSR count). The summed E-state index contributed by atoms with van der Waals surface area (Å²) in [7, 11) is 2.89. The molecule has 1 fully saturated rings. The van der Waals surface area contributed by atoms with Gasteiger partial charge < -0.3 is 19.7 Å². The monoisotopic (exact) mass is 294 g/mol. The fourth-order valence-corrected chi connectivity index (χ4v) is 2.61. The third kappa shape index (κ3) is 3.26. The molecule has 114 valence electrons. The third-order valence-corrected chi connectivity index (χ3v) is 3.74. The minimum atomic E-state index is -1.08. The minimum Gasteiger partial charge on any atom is -0.493 e. The molecular weight excluding hydrogens is 276 g/mol. The zero-order valence-electron chi connectivity index (χ0n) is 12.0. The van der Waals surface area contributed by atoms with E-state index < -0.39 is 11.9 Å². The summed E-state index contributed by atoms with van der Waals surface area (Å²) in [5.74, 6) is -1.27. The average molecular weight is 294 g/mol. The lowest BCUT2D eigenvalue weighted by Gasteiger charge is -2.20. The van der Waals surface area contributed by atoms with Crippen LogP contribution in [0.1, 0.15) is 41.1 Å². The second-order valence-corrected chi connectivity index (χ2v) is 5.15. The maximum atomic E-state index is 11.2. The van der Waals surface area contributed by atoms with E-state index in [0.29, 0.717) is 17.1 Å². The smallest absolute Gasteiger partial charge is 0.335 e. The number of carbonyl (C=O) groups is 2. The van der Waals surface area contributed by atoms with Crippen LogP contribution >= 0.6 is 0 Å². The highest BCUT2D eigenvalue weighted by atomic mass is 16.5. The van der Waals surface area contributed by atoms with Gasteiger partial charge in [-0.3, -0.25) is 4.79 Å². The van der Waals surface area contributed by atoms with Gasteiger partial charge in [-0.2, -0.15) is 0 Å². The van der Waals surface area contributed by atoms with Crippen LogP contribution < -0.4 is 9.47 Å². The molecule has 6 heteroatoms. The number of hydrogen-bond donors (Lipinski definition) is 2. The molecule has 1 saturated carbocycles. The highest BCUT2D eigenvalue weighted by molar-refractivity contribution is 5.89. The lowest BCUT2D eigenvalue weighted by atomic mass is 9.88. The SMILES string of the molecule is COc1cc(C(=O)O)cc(C(CC(=O)O)C2CC2)c1OC. The Morgan fingerprint density at radius 2 is 1.90 bits per heavy atom. The van der Waals surface area contributed by atoms with Crippen molar-refractivity contribution < 1.29 is 29.3 Å². The normalized spacial score (nSPS) is 15.3. The standard InChI is InChI=1S/C15H18O6/c1-20-12-6-9(15(18)19)5-11(14(12)21-2)10(7-13(16)17)8-3-4-8/h5-6,8,10H,3-4,7H2,1-2H3,(H,16,17)(H,18,19). The van der Waals surface area contributed by atoms with Crippen molar-refractivity contribution in [3.63, 3.8) is 0 Å². The van der Waals surface area contributed by atoms with E-state index in [1.54, 1.807) is 0 Å². The molecule has 1 aliphatic carbocycles. The summed E-state index contributed by atoms with van der Waals surface area (Å²) in [6.45, 7) is 0. The van der Waals surface area contributed by atoms with Crippen LogP contribution in [0.25, 0.3) is 0 Å². The molecule has 0 aliphatic heterocycles. The van der Waals surface area contributed by atoms with Crippen molar-refractivity contribution in [2.24, 2.45) is 5.92 Å². The van der Waals surface area contributed by atoms with Crippen molar-refractivity contribution >= 4 is 11.9 Å². The molecule has 21 heavy (non-hydrogen) atoms. The number of aromatic carboxylic acids is 1. The summed E-state index contributed by atoms with van der Waals surface area (Å²) in [6.07, 6.45) is 1.84. The van der Waals surface area contributed by atoms with Crippen LogP contribution in [0.5, 0.6) is 11.5 Å². The maximum Gasteiger partial charge on any atom is 0.335 e. The Kier molecular flexibility index (Phi) is 4.35. The summed E-state index contributed by atoms with van der Waals surface area (Å²) in [5.41, 5.74) is 0.665. The molecule has 1 unspecified atom stereocenters. The fourth-order valence-electron chi connectivity index (χ4n) is 2.61. The van der Waals surface area contributed by atoms with Gasteiger partial charge in [0.15, 0.2) is 11.5 Å². The molecule has 0 heterocycles. The van der Waals surface area contributed by atoms with Crippen LogP contribution in [0, 0.1) is 5.92 Å². The van der Waals surface area contributed by atoms with Gasteiger partial charge in [0.1, 0.15) is 0 Å². The Morgan fingerprint density at radius 3 is 2.33 bits per heavy atom. The van der Waals surface area contributed by atoms with E-state index in [-0.39, 0.29) is 23.8 Å². The maximum absolute atomic E-state index is 11.2. The van der Waals surface area contributed by atoms with E-state index >= 15 is 0 Å². The van der Waals surface area contributed by atoms with Crippen molar-refractivity contribution in [3.8, 4) is 11.5 Å². The minimum absolute atomic E-state index is 0.0484. The molecule has 0 amide bonds. The van der Waals surface area contributed by atoms with Crippen molar-refractivity contribution in [3.05, 3.63) is 23.3 Å². The number of benzene rings is 1. The van der Waals surface area contributed by atoms with E-state index in [2.05, 4.69) is 0 Å². The van der Waals surface area contributed by atoms with Crippen LogP contribution in [-0.2, 0) is 4.79 Å². The molecular formula is C15H18O6. The van der Waals surface area contributed by atoms with Crippen molar-refractivity contribution in [1.82, 2.24) is 0 Å². The topological polar surface area (TPSA) is 93.1 Å². The molecule has 1 aliphatic rings. The number of rotatable bonds is 7. The Balaban J connectivity index is 2.54. The molecule has 2 N–H and O–H groups in total. The van der Waals surface area contributed by atoms with E-state index in [9.17, 15) is 14.7 Å². The lowest BCUT2D eigenvalue weighted by Crippen LogP contribution is -2.12. The number of methoxy groups -OCH3 is 2. The quantitative estimate of drug-likeness (QED) is 0.802. The first-order valence-electron chi connectivity index (χ1n) is 6.69. The zero-order chi connectivity index (χ0) is 15.6. The van der Waals surface area contributed by atoms with Gasteiger partial charge in [0, 0.05) is 11.5 Å². The van der Waals surface area contributed by atoms with E-state index in [1.165, 1.54) is 26.4 Å². The number of ether oxygens (including phenoxy) is 2. The first-order valence-corrected chi connectivity index (χ1v) is 6.69. The van der Waals surface area contributed by atoms with Crippen LogP contribution in [0.3, 0.4) is 0 Å². The van der Waals surface area contributed by atoms with Gasteiger partial charge >= 0.3 is 11.9 Å². The van der Waals surface area contributed by atoms with Gasteiger partial charge in [-0.1, -0.05) is 0 Å². The zero-order valence-corrected chi connectivity index (χ0v) is 12.0. The molecule has 1 atom stereocenters. The van der Waals surface area contributed by atoms with Crippen molar-refractivity contribution in [2.75, 3.05) is 14.2 Å². The van der Waals surface area contributed by atoms with Crippen LogP contribution in [0.2, 0.25) is 0 Å². The van der Waals surface area contributed by atoms with E-state index in [4.69, 9.17) is 14.6 Å². The summed E-state index contributed by atoms with van der Waals surface area (Å²) >= 11 is 0. The van der Waals surface area contributed by atoms with Crippen LogP contribution in [-0.4, -0.2) is 36.4 Å². The lowest BCUT2D eigenvalue weighted by molar-refractivity contribution is -0.137. The van der Waals surface area contributed by atoms with Gasteiger partial charge in [-0.15, -0.1) is 0 Å². The summed E-state index contributed by atoms with van der Waals surface area (Å²) < 4.78 is 10.5. The number of aliphatic carboxylic acids is 1. The predicted octanol–water partition coefficient (Wildman–Crippen LogP) is 2.37. The summed E-state index contributed by atoms with van der Waals surface area (Å²) in [5, 5.41) is 18.3. The van der Waals surface area contributed by atoms with Gasteiger partial charge in [-0.25, -0.2) is 4.79 Å². The Bertz CT molecular complexity index is 562. The van der Waals surface area contributed by atoms with Crippen LogP contribution in [0.4, 0.5) is 0 Å². The molecule has 0 aromatic heterocycles. The number of hydrogen-bond acceptors (Lipinski definition) is 4.